The first-order chi connectivity index (χ1) is 5.79. The second-order valence-electron chi connectivity index (χ2n) is 4.82. The summed E-state index contributed by atoms with van der Waals surface area (Å²) in [5, 5.41) is 0. The van der Waals surface area contributed by atoms with Gasteiger partial charge in [0.1, 0.15) is 0 Å². The Morgan fingerprint density at radius 2 is 1.69 bits per heavy atom. The van der Waals surface area contributed by atoms with Gasteiger partial charge in [-0.2, -0.15) is 0 Å². The van der Waals surface area contributed by atoms with E-state index in [1.165, 1.54) is 7.11 Å². The minimum absolute atomic E-state index is 0.0455. The highest BCUT2D eigenvalue weighted by molar-refractivity contribution is 5.77. The lowest BCUT2D eigenvalue weighted by molar-refractivity contribution is -0.159. The van der Waals surface area contributed by atoms with Gasteiger partial charge in [0.2, 0.25) is 0 Å². The van der Waals surface area contributed by atoms with Gasteiger partial charge in [-0.05, 0) is 18.8 Å². The molecule has 2 nitrogen and oxygen atoms in total. The molecule has 0 fully saturated rings. The van der Waals surface area contributed by atoms with Gasteiger partial charge in [0.15, 0.2) is 0 Å². The fourth-order valence-electron chi connectivity index (χ4n) is 1.51. The first-order valence-corrected chi connectivity index (χ1v) is 4.88. The van der Waals surface area contributed by atoms with E-state index >= 15 is 0 Å². The number of esters is 1. The van der Waals surface area contributed by atoms with E-state index in [0.29, 0.717) is 0 Å². The van der Waals surface area contributed by atoms with E-state index in [9.17, 15) is 4.79 Å². The van der Waals surface area contributed by atoms with Crippen LogP contribution in [0.25, 0.3) is 0 Å². The van der Waals surface area contributed by atoms with Crippen molar-refractivity contribution in [2.75, 3.05) is 7.11 Å². The van der Waals surface area contributed by atoms with Crippen molar-refractivity contribution in [2.24, 2.45) is 10.8 Å². The first-order valence-electron chi connectivity index (χ1n) is 4.88. The monoisotopic (exact) mass is 186 g/mol. The summed E-state index contributed by atoms with van der Waals surface area (Å²) in [5.74, 6) is -0.0955. The fourth-order valence-corrected chi connectivity index (χ4v) is 1.51. The number of carbonyl (C=O) groups excluding carboxylic acids is 1. The van der Waals surface area contributed by atoms with Crippen LogP contribution >= 0.6 is 0 Å². The Kier molecular flexibility index (Phi) is 3.95. The average Bonchev–Trinajstić information content (AvgIpc) is 2.01. The van der Waals surface area contributed by atoms with Crippen molar-refractivity contribution in [1.29, 1.82) is 0 Å². The molecule has 0 aliphatic carbocycles. The second-order valence-corrected chi connectivity index (χ2v) is 4.82. The summed E-state index contributed by atoms with van der Waals surface area (Å²) in [6.45, 7) is 10.3. The van der Waals surface area contributed by atoms with E-state index in [4.69, 9.17) is 4.74 Å². The molecule has 13 heavy (non-hydrogen) atoms. The van der Waals surface area contributed by atoms with Gasteiger partial charge in [0.05, 0.1) is 12.5 Å². The van der Waals surface area contributed by atoms with Gasteiger partial charge in [-0.1, -0.05) is 34.1 Å². The van der Waals surface area contributed by atoms with Gasteiger partial charge in [-0.25, -0.2) is 0 Å². The quantitative estimate of drug-likeness (QED) is 0.633. The summed E-state index contributed by atoms with van der Waals surface area (Å²) in [6.07, 6.45) is 1.88. The van der Waals surface area contributed by atoms with Gasteiger partial charge >= 0.3 is 5.97 Å². The first kappa shape index (κ1) is 12.5. The van der Waals surface area contributed by atoms with Crippen LogP contribution in [0.2, 0.25) is 0 Å². The van der Waals surface area contributed by atoms with Crippen LogP contribution in [-0.2, 0) is 9.53 Å². The van der Waals surface area contributed by atoms with Crippen molar-refractivity contribution in [3.8, 4) is 0 Å². The summed E-state index contributed by atoms with van der Waals surface area (Å²) in [6, 6.07) is 0. The number of carbonyl (C=O) groups is 1. The van der Waals surface area contributed by atoms with E-state index < -0.39 is 0 Å². The molecule has 0 aliphatic rings. The molecule has 0 aliphatic heterocycles. The third kappa shape index (κ3) is 2.45. The summed E-state index contributed by atoms with van der Waals surface area (Å²) < 4.78 is 4.86. The molecule has 2 heteroatoms. The Labute approximate surface area is 81.7 Å². The Bertz CT molecular complexity index is 179. The Morgan fingerprint density at radius 1 is 1.23 bits per heavy atom. The molecule has 1 atom stereocenters. The van der Waals surface area contributed by atoms with Gasteiger partial charge in [0, 0.05) is 0 Å². The van der Waals surface area contributed by atoms with E-state index in [0.717, 1.165) is 12.8 Å². The maximum Gasteiger partial charge on any atom is 0.312 e. The standard InChI is InChI=1S/C11H22O2/c1-7-8-11(5,9(12)13-6)10(2,3)4/h7-8H2,1-6H3. The third-order valence-corrected chi connectivity index (χ3v) is 3.04. The summed E-state index contributed by atoms with van der Waals surface area (Å²) in [4.78, 5) is 11.6. The molecule has 0 aromatic heterocycles. The highest BCUT2D eigenvalue weighted by Crippen LogP contribution is 2.43. The SMILES string of the molecule is CCCC(C)(C(=O)OC)C(C)(C)C. The molecule has 0 saturated carbocycles. The van der Waals surface area contributed by atoms with Gasteiger partial charge in [0.25, 0.3) is 0 Å². The zero-order chi connectivity index (χ0) is 10.7. The molecular weight excluding hydrogens is 164 g/mol. The third-order valence-electron chi connectivity index (χ3n) is 3.04. The molecule has 0 spiro atoms. The van der Waals surface area contributed by atoms with Crippen molar-refractivity contribution >= 4 is 5.97 Å². The minimum Gasteiger partial charge on any atom is -0.469 e. The number of hydrogen-bond acceptors (Lipinski definition) is 2. The molecule has 0 rings (SSSR count). The van der Waals surface area contributed by atoms with Crippen molar-refractivity contribution in [2.45, 2.75) is 47.5 Å². The molecule has 0 radical (unpaired) electrons. The van der Waals surface area contributed by atoms with Crippen LogP contribution in [0.1, 0.15) is 47.5 Å². The summed E-state index contributed by atoms with van der Waals surface area (Å²) >= 11 is 0. The molecule has 0 amide bonds. The van der Waals surface area contributed by atoms with Crippen LogP contribution < -0.4 is 0 Å². The van der Waals surface area contributed by atoms with E-state index in [1.807, 2.05) is 6.92 Å². The van der Waals surface area contributed by atoms with Crippen LogP contribution in [0, 0.1) is 10.8 Å². The molecule has 0 N–H and O–H groups in total. The molecule has 1 unspecified atom stereocenters. The van der Waals surface area contributed by atoms with Crippen LogP contribution in [0.3, 0.4) is 0 Å². The second kappa shape index (κ2) is 4.12. The predicted octanol–water partition coefficient (Wildman–Crippen LogP) is 3.01. The fraction of sp³-hybridized carbons (Fsp3) is 0.909. The van der Waals surface area contributed by atoms with Crippen molar-refractivity contribution in [3.63, 3.8) is 0 Å². The molecule has 0 bridgehead atoms. The normalized spacial score (nSPS) is 16.5. The molecule has 0 saturated heterocycles. The molecule has 0 heterocycles. The highest BCUT2D eigenvalue weighted by Gasteiger charge is 2.44. The van der Waals surface area contributed by atoms with Gasteiger partial charge < -0.3 is 4.74 Å². The maximum absolute atomic E-state index is 11.6. The van der Waals surface area contributed by atoms with Gasteiger partial charge in [-0.3, -0.25) is 4.79 Å². The van der Waals surface area contributed by atoms with Crippen molar-refractivity contribution in [3.05, 3.63) is 0 Å². The van der Waals surface area contributed by atoms with Crippen molar-refractivity contribution < 1.29 is 9.53 Å². The zero-order valence-corrected chi connectivity index (χ0v) is 9.73. The van der Waals surface area contributed by atoms with Crippen LogP contribution in [0.4, 0.5) is 0 Å². The predicted molar refractivity (Wildman–Crippen MR) is 54.5 cm³/mol. The Hall–Kier alpha value is -0.530. The van der Waals surface area contributed by atoms with Gasteiger partial charge in [-0.15, -0.1) is 0 Å². The number of methoxy groups -OCH3 is 1. The lowest BCUT2D eigenvalue weighted by atomic mass is 9.65. The van der Waals surface area contributed by atoms with Crippen LogP contribution in [-0.4, -0.2) is 13.1 Å². The summed E-state index contributed by atoms with van der Waals surface area (Å²) in [7, 11) is 1.46. The number of rotatable bonds is 3. The lowest BCUT2D eigenvalue weighted by Crippen LogP contribution is -2.41. The smallest absolute Gasteiger partial charge is 0.312 e. The number of hydrogen-bond donors (Lipinski definition) is 0. The minimum atomic E-state index is -0.365. The lowest BCUT2D eigenvalue weighted by Gasteiger charge is -2.39. The molecule has 0 aromatic carbocycles. The van der Waals surface area contributed by atoms with Crippen molar-refractivity contribution in [1.82, 2.24) is 0 Å². The Balaban J connectivity index is 4.83. The molecule has 78 valence electrons. The largest absolute Gasteiger partial charge is 0.469 e. The maximum atomic E-state index is 11.6. The van der Waals surface area contributed by atoms with Crippen LogP contribution in [0.5, 0.6) is 0 Å². The summed E-state index contributed by atoms with van der Waals surface area (Å²) in [5.41, 5.74) is -0.410. The van der Waals surface area contributed by atoms with E-state index in [1.54, 1.807) is 0 Å². The zero-order valence-electron chi connectivity index (χ0n) is 9.73. The van der Waals surface area contributed by atoms with E-state index in [2.05, 4.69) is 27.7 Å². The molecule has 0 aromatic rings. The Morgan fingerprint density at radius 3 is 1.92 bits per heavy atom. The number of ether oxygens (including phenoxy) is 1. The average molecular weight is 186 g/mol. The van der Waals surface area contributed by atoms with E-state index in [-0.39, 0.29) is 16.8 Å². The highest BCUT2D eigenvalue weighted by atomic mass is 16.5. The molecular formula is C11H22O2. The van der Waals surface area contributed by atoms with Crippen LogP contribution in [0.15, 0.2) is 0 Å². The topological polar surface area (TPSA) is 26.3 Å².